The van der Waals surface area contributed by atoms with Crippen molar-refractivity contribution in [3.05, 3.63) is 33.8 Å². The average Bonchev–Trinajstić information content (AvgIpc) is 2.39. The van der Waals surface area contributed by atoms with Crippen LogP contribution in [-0.2, 0) is 4.74 Å². The first-order valence-electron chi connectivity index (χ1n) is 6.31. The van der Waals surface area contributed by atoms with Crippen molar-refractivity contribution in [3.8, 4) is 0 Å². The molecule has 1 aromatic carbocycles. The van der Waals surface area contributed by atoms with Gasteiger partial charge < -0.3 is 9.64 Å². The molecule has 1 fully saturated rings. The first-order chi connectivity index (χ1) is 9.34. The number of nitrogens with zero attached hydrogens (tertiary/aromatic N) is 1. The highest BCUT2D eigenvalue weighted by atomic mass is 35.5. The quantitative estimate of drug-likeness (QED) is 0.768. The number of ether oxygens (including phenoxy) is 1. The minimum Gasteiger partial charge on any atom is -0.367 e. The van der Waals surface area contributed by atoms with Crippen LogP contribution >= 0.6 is 34.8 Å². The van der Waals surface area contributed by atoms with Gasteiger partial charge in [0.2, 0.25) is 0 Å². The highest BCUT2D eigenvalue weighted by Gasteiger charge is 2.36. The Labute approximate surface area is 133 Å². The summed E-state index contributed by atoms with van der Waals surface area (Å²) >= 11 is 17.9. The SMILES string of the molecule is CC1(C)CN(C(=O)c2cccc(Cl)c2Cl)CC(CCl)O1. The number of halogens is 3. The second-order valence-corrected chi connectivity index (χ2v) is 6.53. The Bertz CT molecular complexity index is 519. The zero-order valence-electron chi connectivity index (χ0n) is 11.3. The molecule has 1 amide bonds. The lowest BCUT2D eigenvalue weighted by atomic mass is 10.0. The minimum absolute atomic E-state index is 0.149. The number of rotatable bonds is 2. The van der Waals surface area contributed by atoms with E-state index in [2.05, 4.69) is 0 Å². The number of hydrogen-bond acceptors (Lipinski definition) is 2. The van der Waals surface area contributed by atoms with Gasteiger partial charge in [-0.1, -0.05) is 29.3 Å². The topological polar surface area (TPSA) is 29.5 Å². The van der Waals surface area contributed by atoms with E-state index >= 15 is 0 Å². The first kappa shape index (κ1) is 15.9. The van der Waals surface area contributed by atoms with Crippen molar-refractivity contribution in [2.45, 2.75) is 25.6 Å². The smallest absolute Gasteiger partial charge is 0.255 e. The van der Waals surface area contributed by atoms with Crippen molar-refractivity contribution in [1.29, 1.82) is 0 Å². The first-order valence-corrected chi connectivity index (χ1v) is 7.60. The van der Waals surface area contributed by atoms with E-state index in [1.807, 2.05) is 13.8 Å². The fraction of sp³-hybridized carbons (Fsp3) is 0.500. The molecule has 0 spiro atoms. The molecule has 3 nitrogen and oxygen atoms in total. The van der Waals surface area contributed by atoms with E-state index in [1.54, 1.807) is 23.1 Å². The van der Waals surface area contributed by atoms with Gasteiger partial charge in [0.05, 0.1) is 33.2 Å². The Morgan fingerprint density at radius 1 is 1.45 bits per heavy atom. The van der Waals surface area contributed by atoms with E-state index in [0.29, 0.717) is 29.6 Å². The molecule has 0 saturated carbocycles. The van der Waals surface area contributed by atoms with E-state index in [0.717, 1.165) is 0 Å². The van der Waals surface area contributed by atoms with Gasteiger partial charge in [0.1, 0.15) is 0 Å². The zero-order chi connectivity index (χ0) is 14.9. The van der Waals surface area contributed by atoms with Gasteiger partial charge in [-0.15, -0.1) is 11.6 Å². The van der Waals surface area contributed by atoms with Gasteiger partial charge in [0.25, 0.3) is 5.91 Å². The molecule has 1 heterocycles. The predicted molar refractivity (Wildman–Crippen MR) is 82.0 cm³/mol. The summed E-state index contributed by atoms with van der Waals surface area (Å²) in [6.07, 6.45) is -0.178. The predicted octanol–water partition coefficient (Wildman–Crippen LogP) is 3.85. The van der Waals surface area contributed by atoms with E-state index in [9.17, 15) is 4.79 Å². The molecule has 0 bridgehead atoms. The number of alkyl halides is 1. The molecule has 1 aliphatic heterocycles. The van der Waals surface area contributed by atoms with Crippen LogP contribution in [0, 0.1) is 0 Å². The minimum atomic E-state index is -0.432. The summed E-state index contributed by atoms with van der Waals surface area (Å²) in [6, 6.07) is 5.05. The van der Waals surface area contributed by atoms with Crippen molar-refractivity contribution < 1.29 is 9.53 Å². The third-order valence-corrected chi connectivity index (χ3v) is 4.29. The summed E-state index contributed by atoms with van der Waals surface area (Å²) in [5.74, 6) is 0.195. The highest BCUT2D eigenvalue weighted by molar-refractivity contribution is 6.43. The molecule has 2 rings (SSSR count). The van der Waals surface area contributed by atoms with Crippen LogP contribution in [0.5, 0.6) is 0 Å². The van der Waals surface area contributed by atoms with Crippen molar-refractivity contribution in [2.24, 2.45) is 0 Å². The Kier molecular flexibility index (Phi) is 4.85. The lowest BCUT2D eigenvalue weighted by molar-refractivity contribution is -0.117. The molecule has 0 radical (unpaired) electrons. The van der Waals surface area contributed by atoms with Gasteiger partial charge in [0, 0.05) is 13.1 Å². The fourth-order valence-electron chi connectivity index (χ4n) is 2.37. The molecule has 6 heteroatoms. The molecule has 1 aliphatic rings. The summed E-state index contributed by atoms with van der Waals surface area (Å²) in [4.78, 5) is 14.3. The van der Waals surface area contributed by atoms with Gasteiger partial charge >= 0.3 is 0 Å². The third kappa shape index (κ3) is 3.40. The molecule has 1 unspecified atom stereocenters. The molecule has 1 aromatic rings. The molecule has 110 valence electrons. The van der Waals surface area contributed by atoms with Crippen LogP contribution in [0.25, 0.3) is 0 Å². The largest absolute Gasteiger partial charge is 0.367 e. The fourth-order valence-corrected chi connectivity index (χ4v) is 2.91. The van der Waals surface area contributed by atoms with E-state index in [1.165, 1.54) is 0 Å². The number of morpholine rings is 1. The van der Waals surface area contributed by atoms with E-state index in [4.69, 9.17) is 39.5 Å². The zero-order valence-corrected chi connectivity index (χ0v) is 13.6. The van der Waals surface area contributed by atoms with Crippen molar-refractivity contribution in [1.82, 2.24) is 4.90 Å². The molecular formula is C14H16Cl3NO2. The van der Waals surface area contributed by atoms with Crippen LogP contribution < -0.4 is 0 Å². The van der Waals surface area contributed by atoms with Crippen molar-refractivity contribution in [2.75, 3.05) is 19.0 Å². The second-order valence-electron chi connectivity index (χ2n) is 5.44. The summed E-state index contributed by atoms with van der Waals surface area (Å²) < 4.78 is 5.81. The van der Waals surface area contributed by atoms with Crippen LogP contribution in [0.1, 0.15) is 24.2 Å². The maximum Gasteiger partial charge on any atom is 0.255 e. The Hall–Kier alpha value is -0.480. The normalized spacial score (nSPS) is 21.9. The molecule has 1 saturated heterocycles. The molecule has 20 heavy (non-hydrogen) atoms. The van der Waals surface area contributed by atoms with E-state index < -0.39 is 5.60 Å². The van der Waals surface area contributed by atoms with Crippen LogP contribution in [0.4, 0.5) is 0 Å². The van der Waals surface area contributed by atoms with Gasteiger partial charge in [0.15, 0.2) is 0 Å². The monoisotopic (exact) mass is 335 g/mol. The highest BCUT2D eigenvalue weighted by Crippen LogP contribution is 2.29. The molecule has 0 aromatic heterocycles. The van der Waals surface area contributed by atoms with Gasteiger partial charge in [-0.3, -0.25) is 4.79 Å². The molecule has 0 N–H and O–H groups in total. The lowest BCUT2D eigenvalue weighted by Gasteiger charge is -2.42. The van der Waals surface area contributed by atoms with Crippen LogP contribution in [0.15, 0.2) is 18.2 Å². The van der Waals surface area contributed by atoms with Crippen molar-refractivity contribution in [3.63, 3.8) is 0 Å². The maximum absolute atomic E-state index is 12.6. The van der Waals surface area contributed by atoms with Gasteiger partial charge in [-0.25, -0.2) is 0 Å². The summed E-state index contributed by atoms with van der Waals surface area (Å²) in [7, 11) is 0. The maximum atomic E-state index is 12.6. The van der Waals surface area contributed by atoms with Crippen LogP contribution in [0.2, 0.25) is 10.0 Å². The van der Waals surface area contributed by atoms with E-state index in [-0.39, 0.29) is 17.0 Å². The third-order valence-electron chi connectivity index (χ3n) is 3.12. The summed E-state index contributed by atoms with van der Waals surface area (Å²) in [5.41, 5.74) is -0.0244. The van der Waals surface area contributed by atoms with Crippen LogP contribution in [0.3, 0.4) is 0 Å². The van der Waals surface area contributed by atoms with Gasteiger partial charge in [-0.2, -0.15) is 0 Å². The number of hydrogen-bond donors (Lipinski definition) is 0. The van der Waals surface area contributed by atoms with Crippen LogP contribution in [-0.4, -0.2) is 41.5 Å². The number of carbonyl (C=O) groups excluding carboxylic acids is 1. The Morgan fingerprint density at radius 3 is 2.80 bits per heavy atom. The number of carbonyl (C=O) groups is 1. The molecule has 0 aliphatic carbocycles. The molecular weight excluding hydrogens is 321 g/mol. The van der Waals surface area contributed by atoms with Crippen molar-refractivity contribution >= 4 is 40.7 Å². The summed E-state index contributed by atoms with van der Waals surface area (Å²) in [6.45, 7) is 4.81. The Morgan fingerprint density at radius 2 is 2.15 bits per heavy atom. The average molecular weight is 337 g/mol. The Balaban J connectivity index is 2.26. The molecule has 1 atom stereocenters. The lowest BCUT2D eigenvalue weighted by Crippen LogP contribution is -2.55. The summed E-state index contributed by atoms with van der Waals surface area (Å²) in [5, 5.41) is 0.657. The van der Waals surface area contributed by atoms with Gasteiger partial charge in [-0.05, 0) is 26.0 Å². The standard InChI is InChI=1S/C14H16Cl3NO2/c1-14(2)8-18(7-9(6-15)20-14)13(19)10-4-3-5-11(16)12(10)17/h3-5,9H,6-8H2,1-2H3. The number of amides is 1. The number of benzene rings is 1. The second kappa shape index (κ2) is 6.10.